The van der Waals surface area contributed by atoms with Crippen LogP contribution in [0.4, 0.5) is 0 Å². The summed E-state index contributed by atoms with van der Waals surface area (Å²) in [4.78, 5) is 10.1. The second-order valence-corrected chi connectivity index (χ2v) is 2.99. The predicted octanol–water partition coefficient (Wildman–Crippen LogP) is -10.1. The Morgan fingerprint density at radius 1 is 0.944 bits per heavy atom. The summed E-state index contributed by atoms with van der Waals surface area (Å²) < 4.78 is 0. The SMILES string of the molecule is O.O.O=C([O-])[C@H](O)[C@H](O)[C@@H](O)[C@H](O)[C@H](O)CO.[Na+]. The molecule has 0 radical (unpaired) electrons. The van der Waals surface area contributed by atoms with Gasteiger partial charge in [-0.3, -0.25) is 0 Å². The van der Waals surface area contributed by atoms with E-state index in [-0.39, 0.29) is 40.5 Å². The van der Waals surface area contributed by atoms with E-state index in [1.165, 1.54) is 0 Å². The van der Waals surface area contributed by atoms with Crippen LogP contribution in [0.1, 0.15) is 0 Å². The third-order valence-electron chi connectivity index (χ3n) is 1.85. The number of carbonyl (C=O) groups excluding carboxylic acids is 1. The van der Waals surface area contributed by atoms with Gasteiger partial charge in [-0.25, -0.2) is 0 Å². The number of aliphatic carboxylic acids is 1. The average molecular weight is 284 g/mol. The molecule has 0 aliphatic carbocycles. The first-order valence-electron chi connectivity index (χ1n) is 4.05. The molecular formula is C7H17NaO10. The van der Waals surface area contributed by atoms with Gasteiger partial charge in [0.2, 0.25) is 0 Å². The standard InChI is InChI=1S/C7H14O8.Na.2H2O/c8-1-2(9)3(10)4(11)5(12)6(13)7(14)15;;;/h2-6,8-13H,1H2,(H,14,15);;2*1H2/q;+1;;/p-1/t2-,3-,4+,5-,6-;;;/m1.../s1. The van der Waals surface area contributed by atoms with Crippen LogP contribution >= 0.6 is 0 Å². The summed E-state index contributed by atoms with van der Waals surface area (Å²) in [6.07, 6.45) is -10.5. The normalized spacial score (nSPS) is 17.9. The molecule has 0 aromatic rings. The fraction of sp³-hybridized carbons (Fsp3) is 0.857. The maximum Gasteiger partial charge on any atom is 1.00 e. The molecular weight excluding hydrogens is 267 g/mol. The molecule has 0 aliphatic heterocycles. The van der Waals surface area contributed by atoms with Crippen LogP contribution in [0.3, 0.4) is 0 Å². The van der Waals surface area contributed by atoms with E-state index in [0.717, 1.165) is 0 Å². The number of aliphatic hydroxyl groups is 6. The predicted molar refractivity (Wildman–Crippen MR) is 49.4 cm³/mol. The third-order valence-corrected chi connectivity index (χ3v) is 1.85. The van der Waals surface area contributed by atoms with Crippen molar-refractivity contribution >= 4 is 5.97 Å². The Balaban J connectivity index is -0.000000327. The van der Waals surface area contributed by atoms with Gasteiger partial charge in [-0.05, 0) is 0 Å². The summed E-state index contributed by atoms with van der Waals surface area (Å²) in [6, 6.07) is 0. The van der Waals surface area contributed by atoms with E-state index in [1.807, 2.05) is 0 Å². The van der Waals surface area contributed by atoms with Crippen molar-refractivity contribution in [2.75, 3.05) is 6.61 Å². The van der Waals surface area contributed by atoms with Gasteiger partial charge in [0.1, 0.15) is 30.5 Å². The zero-order valence-electron chi connectivity index (χ0n) is 9.59. The molecule has 0 unspecified atom stereocenters. The van der Waals surface area contributed by atoms with Crippen molar-refractivity contribution in [2.45, 2.75) is 30.5 Å². The van der Waals surface area contributed by atoms with Crippen molar-refractivity contribution in [1.82, 2.24) is 0 Å². The van der Waals surface area contributed by atoms with E-state index in [4.69, 9.17) is 30.6 Å². The summed E-state index contributed by atoms with van der Waals surface area (Å²) in [5.41, 5.74) is 0. The van der Waals surface area contributed by atoms with E-state index in [1.54, 1.807) is 0 Å². The summed E-state index contributed by atoms with van der Waals surface area (Å²) in [5, 5.41) is 63.2. The van der Waals surface area contributed by atoms with Crippen LogP contribution < -0.4 is 34.7 Å². The molecule has 0 aliphatic rings. The molecule has 10 N–H and O–H groups in total. The van der Waals surface area contributed by atoms with Crippen molar-refractivity contribution in [2.24, 2.45) is 0 Å². The van der Waals surface area contributed by atoms with Crippen molar-refractivity contribution in [3.05, 3.63) is 0 Å². The van der Waals surface area contributed by atoms with Crippen LogP contribution in [0.2, 0.25) is 0 Å². The van der Waals surface area contributed by atoms with E-state index >= 15 is 0 Å². The van der Waals surface area contributed by atoms with Crippen LogP contribution in [-0.2, 0) is 4.79 Å². The summed E-state index contributed by atoms with van der Waals surface area (Å²) in [5.74, 6) is -2.03. The van der Waals surface area contributed by atoms with Crippen LogP contribution in [-0.4, -0.2) is 84.7 Å². The Hall–Kier alpha value is 0.150. The number of aliphatic hydroxyl groups excluding tert-OH is 6. The van der Waals surface area contributed by atoms with Crippen LogP contribution in [0, 0.1) is 0 Å². The molecule has 0 saturated heterocycles. The Morgan fingerprint density at radius 3 is 1.61 bits per heavy atom. The monoisotopic (exact) mass is 284 g/mol. The molecule has 0 aromatic heterocycles. The molecule has 5 atom stereocenters. The molecule has 18 heavy (non-hydrogen) atoms. The molecule has 0 amide bonds. The van der Waals surface area contributed by atoms with Gasteiger partial charge in [0.15, 0.2) is 0 Å². The van der Waals surface area contributed by atoms with Gasteiger partial charge < -0.3 is 51.5 Å². The number of rotatable bonds is 6. The maximum absolute atomic E-state index is 10.1. The fourth-order valence-electron chi connectivity index (χ4n) is 0.864. The van der Waals surface area contributed by atoms with Crippen LogP contribution in [0.15, 0.2) is 0 Å². The van der Waals surface area contributed by atoms with Gasteiger partial charge in [0.25, 0.3) is 0 Å². The largest absolute Gasteiger partial charge is 1.00 e. The molecule has 0 heterocycles. The third kappa shape index (κ3) is 7.56. The number of hydrogen-bond donors (Lipinski definition) is 6. The molecule has 106 valence electrons. The maximum atomic E-state index is 10.1. The number of carboxylic acids is 1. The van der Waals surface area contributed by atoms with Gasteiger partial charge in [-0.15, -0.1) is 0 Å². The first kappa shape index (κ1) is 26.7. The van der Waals surface area contributed by atoms with Gasteiger partial charge in [0, 0.05) is 0 Å². The quantitative estimate of drug-likeness (QED) is 0.256. The molecule has 0 aromatic carbocycles. The van der Waals surface area contributed by atoms with Crippen LogP contribution in [0.25, 0.3) is 0 Å². The first-order chi connectivity index (χ1) is 6.82. The smallest absolute Gasteiger partial charge is 0.547 e. The van der Waals surface area contributed by atoms with Crippen molar-refractivity contribution in [3.63, 3.8) is 0 Å². The molecule has 11 heteroatoms. The van der Waals surface area contributed by atoms with E-state index in [0.29, 0.717) is 0 Å². The molecule has 0 rings (SSSR count). The van der Waals surface area contributed by atoms with Gasteiger partial charge in [-0.1, -0.05) is 0 Å². The van der Waals surface area contributed by atoms with E-state index in [2.05, 4.69) is 0 Å². The zero-order valence-corrected chi connectivity index (χ0v) is 11.6. The zero-order chi connectivity index (χ0) is 12.2. The minimum atomic E-state index is -2.40. The molecule has 10 nitrogen and oxygen atoms in total. The van der Waals surface area contributed by atoms with Crippen molar-refractivity contribution < 1.29 is 81.0 Å². The summed E-state index contributed by atoms with van der Waals surface area (Å²) >= 11 is 0. The number of carboxylic acid groups (broad SMARTS) is 1. The van der Waals surface area contributed by atoms with E-state index in [9.17, 15) is 9.90 Å². The minimum Gasteiger partial charge on any atom is -0.547 e. The second kappa shape index (κ2) is 12.2. The van der Waals surface area contributed by atoms with E-state index < -0.39 is 43.1 Å². The Labute approximate surface area is 124 Å². The van der Waals surface area contributed by atoms with Crippen molar-refractivity contribution in [1.29, 1.82) is 0 Å². The second-order valence-electron chi connectivity index (χ2n) is 2.99. The fourth-order valence-corrected chi connectivity index (χ4v) is 0.864. The molecule has 0 spiro atoms. The topological polar surface area (TPSA) is 225 Å². The Kier molecular flexibility index (Phi) is 18.1. The van der Waals surface area contributed by atoms with Gasteiger partial charge in [-0.2, -0.15) is 0 Å². The molecule has 0 bridgehead atoms. The Bertz CT molecular complexity index is 214. The van der Waals surface area contributed by atoms with Crippen molar-refractivity contribution in [3.8, 4) is 0 Å². The first-order valence-corrected chi connectivity index (χ1v) is 4.05. The van der Waals surface area contributed by atoms with Crippen LogP contribution in [0.5, 0.6) is 0 Å². The minimum absolute atomic E-state index is 0. The van der Waals surface area contributed by atoms with Gasteiger partial charge in [0.05, 0.1) is 12.6 Å². The summed E-state index contributed by atoms with van der Waals surface area (Å²) in [7, 11) is 0. The molecule has 0 saturated carbocycles. The summed E-state index contributed by atoms with van der Waals surface area (Å²) in [6.45, 7) is -0.896. The molecule has 0 fully saturated rings. The average Bonchev–Trinajstić information content (AvgIpc) is 2.23. The Morgan fingerprint density at radius 2 is 1.33 bits per heavy atom. The number of carbonyl (C=O) groups is 1. The van der Waals surface area contributed by atoms with Gasteiger partial charge >= 0.3 is 29.6 Å². The number of hydrogen-bond acceptors (Lipinski definition) is 8.